The first-order valence-corrected chi connectivity index (χ1v) is 8.99. The standard InChI is InChI=1S/C10H18N2O4S2/c1-18(14,15)9-7-17-5-3-12(9)10(13)8-6-16-4-2-11-8/h8-9,11H,2-7H2,1H3. The highest BCUT2D eigenvalue weighted by atomic mass is 32.2. The Labute approximate surface area is 111 Å². The van der Waals surface area contributed by atoms with Gasteiger partial charge in [0.25, 0.3) is 0 Å². The zero-order valence-corrected chi connectivity index (χ0v) is 11.9. The molecule has 18 heavy (non-hydrogen) atoms. The number of nitrogens with zero attached hydrogens (tertiary/aromatic N) is 1. The van der Waals surface area contributed by atoms with E-state index in [1.165, 1.54) is 11.2 Å². The molecular weight excluding hydrogens is 276 g/mol. The van der Waals surface area contributed by atoms with Crippen molar-refractivity contribution < 1.29 is 17.9 Å². The molecule has 2 fully saturated rings. The first-order chi connectivity index (χ1) is 8.50. The second kappa shape index (κ2) is 5.77. The molecule has 2 rings (SSSR count). The highest BCUT2D eigenvalue weighted by Gasteiger charge is 2.37. The van der Waals surface area contributed by atoms with Crippen molar-refractivity contribution in [3.8, 4) is 0 Å². The van der Waals surface area contributed by atoms with E-state index in [-0.39, 0.29) is 5.91 Å². The summed E-state index contributed by atoms with van der Waals surface area (Å²) < 4.78 is 28.7. The summed E-state index contributed by atoms with van der Waals surface area (Å²) in [5.41, 5.74) is 0. The third-order valence-electron chi connectivity index (χ3n) is 3.08. The molecule has 0 saturated carbocycles. The number of amides is 1. The van der Waals surface area contributed by atoms with E-state index in [1.807, 2.05) is 0 Å². The summed E-state index contributed by atoms with van der Waals surface area (Å²) in [7, 11) is -3.24. The maximum absolute atomic E-state index is 12.3. The van der Waals surface area contributed by atoms with Crippen LogP contribution in [-0.2, 0) is 19.4 Å². The van der Waals surface area contributed by atoms with Gasteiger partial charge >= 0.3 is 0 Å². The van der Waals surface area contributed by atoms with Crippen LogP contribution in [0.1, 0.15) is 0 Å². The van der Waals surface area contributed by atoms with Crippen molar-refractivity contribution in [2.24, 2.45) is 0 Å². The summed E-state index contributed by atoms with van der Waals surface area (Å²) in [5, 5.41) is 2.37. The maximum Gasteiger partial charge on any atom is 0.243 e. The van der Waals surface area contributed by atoms with E-state index in [9.17, 15) is 13.2 Å². The Morgan fingerprint density at radius 1 is 1.50 bits per heavy atom. The van der Waals surface area contributed by atoms with E-state index < -0.39 is 21.3 Å². The van der Waals surface area contributed by atoms with E-state index in [2.05, 4.69) is 5.32 Å². The minimum atomic E-state index is -3.24. The fourth-order valence-corrected chi connectivity index (χ4v) is 4.94. The number of nitrogens with one attached hydrogen (secondary N) is 1. The molecule has 0 aliphatic carbocycles. The molecule has 0 radical (unpaired) electrons. The van der Waals surface area contributed by atoms with Gasteiger partial charge < -0.3 is 15.0 Å². The number of hydrogen-bond acceptors (Lipinski definition) is 6. The van der Waals surface area contributed by atoms with Gasteiger partial charge in [0, 0.05) is 30.9 Å². The highest BCUT2D eigenvalue weighted by molar-refractivity contribution is 8.00. The maximum atomic E-state index is 12.3. The van der Waals surface area contributed by atoms with Crippen LogP contribution in [-0.4, -0.2) is 74.7 Å². The Morgan fingerprint density at radius 3 is 2.89 bits per heavy atom. The number of carbonyl (C=O) groups is 1. The second-order valence-corrected chi connectivity index (χ2v) is 7.83. The molecule has 0 spiro atoms. The molecule has 0 aromatic carbocycles. The summed E-state index contributed by atoms with van der Waals surface area (Å²) in [6.07, 6.45) is 1.19. The van der Waals surface area contributed by atoms with Crippen LogP contribution < -0.4 is 5.32 Å². The van der Waals surface area contributed by atoms with Gasteiger partial charge in [-0.05, 0) is 0 Å². The monoisotopic (exact) mass is 294 g/mol. The Hall–Kier alpha value is -0.310. The first-order valence-electron chi connectivity index (χ1n) is 5.88. The van der Waals surface area contributed by atoms with Crippen LogP contribution in [0.2, 0.25) is 0 Å². The predicted molar refractivity (Wildman–Crippen MR) is 70.3 cm³/mol. The zero-order valence-electron chi connectivity index (χ0n) is 10.3. The molecule has 1 N–H and O–H groups in total. The second-order valence-electron chi connectivity index (χ2n) is 4.47. The normalized spacial score (nSPS) is 30.2. The number of rotatable bonds is 2. The molecular formula is C10H18N2O4S2. The van der Waals surface area contributed by atoms with Crippen molar-refractivity contribution in [2.45, 2.75) is 11.4 Å². The Bertz CT molecular complexity index is 406. The molecule has 1 amide bonds. The molecule has 2 aliphatic heterocycles. The van der Waals surface area contributed by atoms with Gasteiger partial charge in [0.1, 0.15) is 11.4 Å². The molecule has 6 nitrogen and oxygen atoms in total. The van der Waals surface area contributed by atoms with Gasteiger partial charge in [0.05, 0.1) is 13.2 Å². The minimum absolute atomic E-state index is 0.162. The third-order valence-corrected chi connectivity index (χ3v) is 5.72. The zero-order chi connectivity index (χ0) is 13.2. The fourth-order valence-electron chi connectivity index (χ4n) is 2.11. The van der Waals surface area contributed by atoms with Crippen molar-refractivity contribution in [2.75, 3.05) is 44.1 Å². The van der Waals surface area contributed by atoms with E-state index >= 15 is 0 Å². The fraction of sp³-hybridized carbons (Fsp3) is 0.900. The molecule has 0 bridgehead atoms. The third kappa shape index (κ3) is 3.17. The number of thioether (sulfide) groups is 1. The van der Waals surface area contributed by atoms with Gasteiger partial charge in [0.15, 0.2) is 9.84 Å². The van der Waals surface area contributed by atoms with Crippen LogP contribution in [0.5, 0.6) is 0 Å². The van der Waals surface area contributed by atoms with Gasteiger partial charge in [-0.2, -0.15) is 11.8 Å². The number of morpholine rings is 1. The molecule has 2 aliphatic rings. The van der Waals surface area contributed by atoms with Crippen molar-refractivity contribution in [1.82, 2.24) is 10.2 Å². The molecule has 0 aromatic rings. The Kier molecular flexibility index (Phi) is 4.52. The predicted octanol–water partition coefficient (Wildman–Crippen LogP) is -1.08. The van der Waals surface area contributed by atoms with E-state index in [0.717, 1.165) is 5.75 Å². The average molecular weight is 294 g/mol. The van der Waals surface area contributed by atoms with Gasteiger partial charge in [-0.1, -0.05) is 0 Å². The van der Waals surface area contributed by atoms with Crippen LogP contribution in [0.3, 0.4) is 0 Å². The number of carbonyl (C=O) groups excluding carboxylic acids is 1. The molecule has 104 valence electrons. The van der Waals surface area contributed by atoms with Crippen molar-refractivity contribution in [1.29, 1.82) is 0 Å². The SMILES string of the molecule is CS(=O)(=O)C1CSCCN1C(=O)C1COCCN1. The van der Waals surface area contributed by atoms with Crippen LogP contribution in [0.25, 0.3) is 0 Å². The average Bonchev–Trinajstić information content (AvgIpc) is 2.38. The lowest BCUT2D eigenvalue weighted by Gasteiger charge is -2.37. The Morgan fingerprint density at radius 2 is 2.28 bits per heavy atom. The molecule has 2 atom stereocenters. The number of hydrogen-bond donors (Lipinski definition) is 1. The van der Waals surface area contributed by atoms with Gasteiger partial charge in [-0.25, -0.2) is 8.42 Å². The van der Waals surface area contributed by atoms with Crippen molar-refractivity contribution in [3.05, 3.63) is 0 Å². The number of ether oxygens (including phenoxy) is 1. The molecule has 8 heteroatoms. The van der Waals surface area contributed by atoms with Crippen LogP contribution in [0.4, 0.5) is 0 Å². The molecule has 2 heterocycles. The lowest BCUT2D eigenvalue weighted by atomic mass is 10.2. The van der Waals surface area contributed by atoms with Gasteiger partial charge in [-0.15, -0.1) is 0 Å². The largest absolute Gasteiger partial charge is 0.378 e. The molecule has 2 saturated heterocycles. The summed E-state index contributed by atoms with van der Waals surface area (Å²) in [5.74, 6) is 1.08. The minimum Gasteiger partial charge on any atom is -0.378 e. The first kappa shape index (κ1) is 14.1. The van der Waals surface area contributed by atoms with Crippen molar-refractivity contribution >= 4 is 27.5 Å². The summed E-state index contributed by atoms with van der Waals surface area (Å²) >= 11 is 1.57. The summed E-state index contributed by atoms with van der Waals surface area (Å²) in [4.78, 5) is 13.8. The summed E-state index contributed by atoms with van der Waals surface area (Å²) in [6.45, 7) is 2.02. The topological polar surface area (TPSA) is 75.7 Å². The van der Waals surface area contributed by atoms with Crippen LogP contribution in [0.15, 0.2) is 0 Å². The lowest BCUT2D eigenvalue weighted by Crippen LogP contribution is -2.58. The van der Waals surface area contributed by atoms with Gasteiger partial charge in [-0.3, -0.25) is 4.79 Å². The molecule has 2 unspecified atom stereocenters. The smallest absolute Gasteiger partial charge is 0.243 e. The van der Waals surface area contributed by atoms with E-state index in [4.69, 9.17) is 4.74 Å². The Balaban J connectivity index is 2.10. The number of sulfone groups is 1. The van der Waals surface area contributed by atoms with Crippen molar-refractivity contribution in [3.63, 3.8) is 0 Å². The molecule has 0 aromatic heterocycles. The van der Waals surface area contributed by atoms with Gasteiger partial charge in [0.2, 0.25) is 5.91 Å². The highest BCUT2D eigenvalue weighted by Crippen LogP contribution is 2.21. The van der Waals surface area contributed by atoms with E-state index in [1.54, 1.807) is 11.8 Å². The van der Waals surface area contributed by atoms with Crippen LogP contribution >= 0.6 is 11.8 Å². The van der Waals surface area contributed by atoms with E-state index in [0.29, 0.717) is 32.1 Å². The quantitative estimate of drug-likeness (QED) is 0.698. The van der Waals surface area contributed by atoms with Crippen LogP contribution in [0, 0.1) is 0 Å². The summed E-state index contributed by atoms with van der Waals surface area (Å²) in [6, 6.07) is -0.411. The lowest BCUT2D eigenvalue weighted by molar-refractivity contribution is -0.136.